The molecule has 1 heterocycles. The number of hydrogen-bond donors (Lipinski definition) is 2. The highest BCUT2D eigenvalue weighted by molar-refractivity contribution is 7.89. The minimum absolute atomic E-state index is 0.0446. The Morgan fingerprint density at radius 2 is 1.96 bits per heavy atom. The van der Waals surface area contributed by atoms with Crippen molar-refractivity contribution in [1.29, 1.82) is 0 Å². The maximum absolute atomic E-state index is 12.5. The highest BCUT2D eigenvalue weighted by Gasteiger charge is 2.20. The van der Waals surface area contributed by atoms with Gasteiger partial charge in [0.2, 0.25) is 10.0 Å². The molecule has 0 bridgehead atoms. The van der Waals surface area contributed by atoms with Gasteiger partial charge in [-0.05, 0) is 41.3 Å². The second-order valence-corrected chi connectivity index (χ2v) is 7.50. The van der Waals surface area contributed by atoms with Crippen LogP contribution in [0.3, 0.4) is 0 Å². The molecule has 0 aliphatic carbocycles. The van der Waals surface area contributed by atoms with Gasteiger partial charge in [-0.25, -0.2) is 13.1 Å². The van der Waals surface area contributed by atoms with Gasteiger partial charge in [-0.1, -0.05) is 18.2 Å². The second-order valence-electron chi connectivity index (χ2n) is 5.76. The van der Waals surface area contributed by atoms with E-state index < -0.39 is 16.1 Å². The Morgan fingerprint density at radius 1 is 1.20 bits per heavy atom. The number of aryl methyl sites for hydroxylation is 1. The fourth-order valence-corrected chi connectivity index (χ4v) is 3.94. The number of hydrogen-bond acceptors (Lipinski definition) is 4. The molecule has 7 heteroatoms. The number of nitrogens with one attached hydrogen (secondary N) is 1. The van der Waals surface area contributed by atoms with Gasteiger partial charge in [-0.2, -0.15) is 0 Å². The zero-order valence-corrected chi connectivity index (χ0v) is 14.8. The van der Waals surface area contributed by atoms with Crippen LogP contribution >= 0.6 is 0 Å². The highest BCUT2D eigenvalue weighted by Crippen LogP contribution is 2.24. The van der Waals surface area contributed by atoms with Gasteiger partial charge in [-0.3, -0.25) is 0 Å². The molecule has 3 aromatic rings. The number of methoxy groups -OCH3 is 1. The molecule has 132 valence electrons. The number of fused-ring (bicyclic) bond motifs is 1. The number of nitrogens with zero attached hydrogens (tertiary/aromatic N) is 1. The van der Waals surface area contributed by atoms with Crippen LogP contribution in [0.25, 0.3) is 10.9 Å². The van der Waals surface area contributed by atoms with Crippen molar-refractivity contribution in [3.8, 4) is 5.75 Å². The molecule has 0 radical (unpaired) electrons. The molecule has 1 aromatic heterocycles. The normalized spacial score (nSPS) is 13.1. The first-order valence-electron chi connectivity index (χ1n) is 7.78. The summed E-state index contributed by atoms with van der Waals surface area (Å²) in [5.41, 5.74) is 1.70. The monoisotopic (exact) mass is 360 g/mol. The maximum atomic E-state index is 12.5. The van der Waals surface area contributed by atoms with Crippen molar-refractivity contribution in [3.05, 3.63) is 60.3 Å². The quantitative estimate of drug-likeness (QED) is 0.706. The highest BCUT2D eigenvalue weighted by atomic mass is 32.2. The van der Waals surface area contributed by atoms with Gasteiger partial charge in [0.15, 0.2) is 0 Å². The standard InChI is InChI=1S/C18H20N2O4S/c1-20-10-9-13-11-14(7-8-15(13)20)16(21)12-19-25(22,23)18-6-4-3-5-17(18)24-2/h3-11,16,19,21H,12H2,1-2H3. The van der Waals surface area contributed by atoms with Gasteiger partial charge < -0.3 is 14.4 Å². The molecule has 0 aliphatic heterocycles. The summed E-state index contributed by atoms with van der Waals surface area (Å²) in [6.45, 7) is -0.126. The van der Waals surface area contributed by atoms with E-state index in [1.165, 1.54) is 13.2 Å². The lowest BCUT2D eigenvalue weighted by atomic mass is 10.1. The molecule has 1 atom stereocenters. The third-order valence-electron chi connectivity index (χ3n) is 4.12. The van der Waals surface area contributed by atoms with E-state index in [1.807, 2.05) is 36.0 Å². The number of aromatic nitrogens is 1. The maximum Gasteiger partial charge on any atom is 0.244 e. The predicted molar refractivity (Wildman–Crippen MR) is 96.1 cm³/mol. The number of sulfonamides is 1. The summed E-state index contributed by atoms with van der Waals surface area (Å²) < 4.78 is 34.4. The Morgan fingerprint density at radius 3 is 2.72 bits per heavy atom. The minimum atomic E-state index is -3.78. The van der Waals surface area contributed by atoms with E-state index in [0.29, 0.717) is 5.56 Å². The van der Waals surface area contributed by atoms with Crippen molar-refractivity contribution in [2.45, 2.75) is 11.0 Å². The van der Waals surface area contributed by atoms with E-state index in [1.54, 1.807) is 24.3 Å². The van der Waals surface area contributed by atoms with Crippen LogP contribution in [0.5, 0.6) is 5.75 Å². The van der Waals surface area contributed by atoms with Gasteiger partial charge in [0.25, 0.3) is 0 Å². The molecule has 0 saturated carbocycles. The molecule has 1 unspecified atom stereocenters. The average molecular weight is 360 g/mol. The summed E-state index contributed by atoms with van der Waals surface area (Å²) >= 11 is 0. The van der Waals surface area contributed by atoms with Crippen LogP contribution in [-0.2, 0) is 17.1 Å². The van der Waals surface area contributed by atoms with E-state index >= 15 is 0 Å². The predicted octanol–water partition coefficient (Wildman–Crippen LogP) is 2.20. The molecule has 0 aliphatic rings. The summed E-state index contributed by atoms with van der Waals surface area (Å²) in [5.74, 6) is 0.259. The zero-order chi connectivity index (χ0) is 18.0. The van der Waals surface area contributed by atoms with Crippen LogP contribution in [0.15, 0.2) is 59.6 Å². The summed E-state index contributed by atoms with van der Waals surface area (Å²) in [6.07, 6.45) is 0.986. The third-order valence-corrected chi connectivity index (χ3v) is 5.58. The van der Waals surface area contributed by atoms with E-state index in [2.05, 4.69) is 4.72 Å². The first-order chi connectivity index (χ1) is 11.9. The number of rotatable bonds is 6. The van der Waals surface area contributed by atoms with Gasteiger partial charge in [0, 0.05) is 25.3 Å². The Labute approximate surface area is 146 Å². The van der Waals surface area contributed by atoms with Gasteiger partial charge in [0.05, 0.1) is 13.2 Å². The first-order valence-corrected chi connectivity index (χ1v) is 9.26. The molecular formula is C18H20N2O4S. The van der Waals surface area contributed by atoms with Gasteiger partial charge in [-0.15, -0.1) is 0 Å². The molecule has 6 nitrogen and oxygen atoms in total. The number of para-hydroxylation sites is 1. The van der Waals surface area contributed by atoms with Crippen LogP contribution in [-0.4, -0.2) is 31.7 Å². The van der Waals surface area contributed by atoms with E-state index in [-0.39, 0.29) is 17.2 Å². The molecule has 0 spiro atoms. The van der Waals surface area contributed by atoms with Crippen molar-refractivity contribution < 1.29 is 18.3 Å². The topological polar surface area (TPSA) is 80.6 Å². The zero-order valence-electron chi connectivity index (χ0n) is 14.0. The lowest BCUT2D eigenvalue weighted by Crippen LogP contribution is -2.28. The van der Waals surface area contributed by atoms with Gasteiger partial charge >= 0.3 is 0 Å². The van der Waals surface area contributed by atoms with E-state index in [4.69, 9.17) is 4.74 Å². The average Bonchev–Trinajstić information content (AvgIpc) is 3.00. The molecule has 0 saturated heterocycles. The minimum Gasteiger partial charge on any atom is -0.495 e. The van der Waals surface area contributed by atoms with Crippen LogP contribution in [0.2, 0.25) is 0 Å². The number of aliphatic hydroxyl groups excluding tert-OH is 1. The summed E-state index contributed by atoms with van der Waals surface area (Å²) in [6, 6.07) is 13.9. The van der Waals surface area contributed by atoms with Crippen molar-refractivity contribution in [2.24, 2.45) is 7.05 Å². The first kappa shape index (κ1) is 17.5. The van der Waals surface area contributed by atoms with Crippen LogP contribution in [0.4, 0.5) is 0 Å². The Balaban J connectivity index is 1.77. The number of benzene rings is 2. The summed E-state index contributed by atoms with van der Waals surface area (Å²) in [7, 11) is -0.424. The number of aliphatic hydroxyl groups is 1. The fourth-order valence-electron chi connectivity index (χ4n) is 2.73. The largest absolute Gasteiger partial charge is 0.495 e. The molecule has 0 amide bonds. The number of ether oxygens (including phenoxy) is 1. The van der Waals surface area contributed by atoms with Crippen molar-refractivity contribution in [2.75, 3.05) is 13.7 Å². The van der Waals surface area contributed by atoms with E-state index in [0.717, 1.165) is 10.9 Å². The molecule has 2 N–H and O–H groups in total. The molecule has 3 rings (SSSR count). The van der Waals surface area contributed by atoms with Crippen molar-refractivity contribution in [1.82, 2.24) is 9.29 Å². The molecule has 25 heavy (non-hydrogen) atoms. The SMILES string of the molecule is COc1ccccc1S(=O)(=O)NCC(O)c1ccc2c(ccn2C)c1. The van der Waals surface area contributed by atoms with Crippen molar-refractivity contribution in [3.63, 3.8) is 0 Å². The Bertz CT molecular complexity index is 995. The smallest absolute Gasteiger partial charge is 0.244 e. The molecule has 2 aromatic carbocycles. The Kier molecular flexibility index (Phi) is 4.80. The van der Waals surface area contributed by atoms with Crippen LogP contribution in [0.1, 0.15) is 11.7 Å². The lowest BCUT2D eigenvalue weighted by Gasteiger charge is -2.14. The molecular weight excluding hydrogens is 340 g/mol. The second kappa shape index (κ2) is 6.87. The van der Waals surface area contributed by atoms with Crippen LogP contribution < -0.4 is 9.46 Å². The fraction of sp³-hybridized carbons (Fsp3) is 0.222. The molecule has 0 fully saturated rings. The van der Waals surface area contributed by atoms with Gasteiger partial charge in [0.1, 0.15) is 10.6 Å². The van der Waals surface area contributed by atoms with Crippen LogP contribution in [0, 0.1) is 0 Å². The summed E-state index contributed by atoms with van der Waals surface area (Å²) in [5, 5.41) is 11.4. The van der Waals surface area contributed by atoms with Crippen molar-refractivity contribution >= 4 is 20.9 Å². The third kappa shape index (κ3) is 3.53. The van der Waals surface area contributed by atoms with E-state index in [9.17, 15) is 13.5 Å². The lowest BCUT2D eigenvalue weighted by molar-refractivity contribution is 0.182. The Hall–Kier alpha value is -2.35. The summed E-state index contributed by atoms with van der Waals surface area (Å²) in [4.78, 5) is 0.0446.